The molecule has 26 heavy (non-hydrogen) atoms. The van der Waals surface area contributed by atoms with Gasteiger partial charge in [0.2, 0.25) is 0 Å². The zero-order valence-electron chi connectivity index (χ0n) is 14.4. The van der Waals surface area contributed by atoms with Crippen LogP contribution in [0.1, 0.15) is 77.6 Å². The fourth-order valence-corrected chi connectivity index (χ4v) is 2.91. The molecule has 0 saturated carbocycles. The first kappa shape index (κ1) is 32.8. The molecule has 0 radical (unpaired) electrons. The number of unbranched alkanes of at least 4 members (excludes halogenated alkanes) is 9. The van der Waals surface area contributed by atoms with Gasteiger partial charge in [0.25, 0.3) is 10.1 Å². The van der Waals surface area contributed by atoms with Crippen molar-refractivity contribution < 1.29 is 32.4 Å². The summed E-state index contributed by atoms with van der Waals surface area (Å²) >= 11 is 0. The summed E-state index contributed by atoms with van der Waals surface area (Å²) in [6, 6.07) is 0. The number of aliphatic carboxylic acids is 1. The van der Waals surface area contributed by atoms with Crippen molar-refractivity contribution in [2.24, 2.45) is 0 Å². The van der Waals surface area contributed by atoms with Crippen LogP contribution in [0.25, 0.3) is 0 Å². The molecule has 0 heterocycles. The van der Waals surface area contributed by atoms with Crippen LogP contribution >= 0.6 is 0 Å². The minimum atomic E-state index is -4.81. The first-order chi connectivity index (χ1) is 11.3. The standard InChI is InChI=1S/C16H30O7S.2K.2H/c1-2-3-4-5-6-7-8-9-10-11-12-23-15(17)13-14(16(18)19)24(20,21)22;;;;/h14H,2-13H2,1H3,(H,18,19)(H,20,21,22);;;;. The third-order valence-corrected chi connectivity index (χ3v) is 4.84. The zero-order valence-corrected chi connectivity index (χ0v) is 15.2. The summed E-state index contributed by atoms with van der Waals surface area (Å²) in [5.41, 5.74) is 0. The summed E-state index contributed by atoms with van der Waals surface area (Å²) in [6.07, 6.45) is 10.5. The minimum absolute atomic E-state index is 0. The zero-order chi connectivity index (χ0) is 18.4. The normalized spacial score (nSPS) is 11.8. The van der Waals surface area contributed by atoms with E-state index >= 15 is 0 Å². The van der Waals surface area contributed by atoms with E-state index in [2.05, 4.69) is 6.92 Å². The molecular formula is C16H32K2O7S. The summed E-state index contributed by atoms with van der Waals surface area (Å²) in [5, 5.41) is 6.50. The molecule has 0 spiro atoms. The molecule has 0 aliphatic carbocycles. The molecule has 0 aromatic heterocycles. The Hall–Kier alpha value is 2.12. The van der Waals surface area contributed by atoms with Gasteiger partial charge >= 0.3 is 115 Å². The quantitative estimate of drug-likeness (QED) is 0.171. The molecule has 7 nitrogen and oxygen atoms in total. The van der Waals surface area contributed by atoms with Gasteiger partial charge in [-0.05, 0) is 6.42 Å². The number of carboxylic acid groups (broad SMARTS) is 1. The Labute approximate surface area is 242 Å². The maximum absolute atomic E-state index is 11.4. The summed E-state index contributed by atoms with van der Waals surface area (Å²) in [5.74, 6) is -2.70. The van der Waals surface area contributed by atoms with E-state index in [0.29, 0.717) is 6.42 Å². The molecule has 146 valence electrons. The van der Waals surface area contributed by atoms with Crippen molar-refractivity contribution >= 4 is 125 Å². The Kier molecular flexibility index (Phi) is 25.7. The number of hydrogen-bond donors (Lipinski definition) is 2. The van der Waals surface area contributed by atoms with E-state index in [4.69, 9.17) is 14.4 Å². The van der Waals surface area contributed by atoms with Crippen molar-refractivity contribution in [1.82, 2.24) is 0 Å². The maximum atomic E-state index is 11.4. The summed E-state index contributed by atoms with van der Waals surface area (Å²) in [4.78, 5) is 22.1. The van der Waals surface area contributed by atoms with Gasteiger partial charge in [0.05, 0.1) is 13.0 Å². The van der Waals surface area contributed by atoms with Crippen molar-refractivity contribution in [2.45, 2.75) is 82.8 Å². The first-order valence-electron chi connectivity index (χ1n) is 8.63. The Morgan fingerprint density at radius 2 is 1.31 bits per heavy atom. The predicted molar refractivity (Wildman–Crippen MR) is 105 cm³/mol. The van der Waals surface area contributed by atoms with Crippen molar-refractivity contribution in [1.29, 1.82) is 0 Å². The molecule has 2 N–H and O–H groups in total. The molecule has 0 aromatic rings. The van der Waals surface area contributed by atoms with E-state index in [-0.39, 0.29) is 109 Å². The molecule has 0 fully saturated rings. The molecule has 0 aliphatic rings. The van der Waals surface area contributed by atoms with Gasteiger partial charge in [-0.25, -0.2) is 0 Å². The van der Waals surface area contributed by atoms with Crippen LogP contribution in [-0.4, -0.2) is 145 Å². The SMILES string of the molecule is CCCCCCCCCCCCOC(=O)CC(C(=O)O)S(=O)(=O)O.[KH].[KH]. The second-order valence-electron chi connectivity index (χ2n) is 5.95. The summed E-state index contributed by atoms with van der Waals surface area (Å²) in [7, 11) is -4.81. The summed E-state index contributed by atoms with van der Waals surface area (Å²) < 4.78 is 35.2. The van der Waals surface area contributed by atoms with Gasteiger partial charge in [-0.15, -0.1) is 0 Å². The van der Waals surface area contributed by atoms with Gasteiger partial charge < -0.3 is 9.84 Å². The van der Waals surface area contributed by atoms with Crippen LogP contribution in [0, 0.1) is 0 Å². The van der Waals surface area contributed by atoms with E-state index < -0.39 is 33.7 Å². The van der Waals surface area contributed by atoms with E-state index in [1.165, 1.54) is 38.5 Å². The van der Waals surface area contributed by atoms with Crippen LogP contribution in [-0.2, 0) is 24.4 Å². The average molecular weight is 447 g/mol. The number of rotatable bonds is 15. The predicted octanol–water partition coefficient (Wildman–Crippen LogP) is 1.88. The summed E-state index contributed by atoms with van der Waals surface area (Å²) in [6.45, 7) is 2.32. The number of hydrogen-bond acceptors (Lipinski definition) is 5. The number of carbonyl (C=O) groups excluding carboxylic acids is 1. The Morgan fingerprint density at radius 3 is 1.69 bits per heavy atom. The number of carboxylic acids is 1. The number of esters is 1. The molecule has 0 rings (SSSR count). The molecular weight excluding hydrogens is 414 g/mol. The Morgan fingerprint density at radius 1 is 0.885 bits per heavy atom. The van der Waals surface area contributed by atoms with Crippen molar-refractivity contribution in [3.05, 3.63) is 0 Å². The van der Waals surface area contributed by atoms with Gasteiger partial charge in [0.15, 0.2) is 5.25 Å². The van der Waals surface area contributed by atoms with Crippen molar-refractivity contribution in [3.8, 4) is 0 Å². The van der Waals surface area contributed by atoms with Gasteiger partial charge in [0, 0.05) is 0 Å². The van der Waals surface area contributed by atoms with E-state index in [1.54, 1.807) is 0 Å². The molecule has 0 bridgehead atoms. The molecule has 0 saturated heterocycles. The van der Waals surface area contributed by atoms with Crippen molar-refractivity contribution in [2.75, 3.05) is 6.61 Å². The van der Waals surface area contributed by atoms with Crippen LogP contribution in [0.5, 0.6) is 0 Å². The van der Waals surface area contributed by atoms with Crippen LogP contribution in [0.3, 0.4) is 0 Å². The first-order valence-corrected chi connectivity index (χ1v) is 10.1. The second kappa shape index (κ2) is 20.4. The fraction of sp³-hybridized carbons (Fsp3) is 0.875. The fourth-order valence-electron chi connectivity index (χ4n) is 2.31. The molecule has 1 atom stereocenters. The Balaban J connectivity index is -0.00000264. The van der Waals surface area contributed by atoms with Gasteiger partial charge in [-0.1, -0.05) is 64.7 Å². The van der Waals surface area contributed by atoms with Crippen molar-refractivity contribution in [3.63, 3.8) is 0 Å². The average Bonchev–Trinajstić information content (AvgIpc) is 2.48. The number of carbonyl (C=O) groups is 2. The topological polar surface area (TPSA) is 118 Å². The molecule has 0 amide bonds. The molecule has 0 aromatic carbocycles. The van der Waals surface area contributed by atoms with Crippen LogP contribution in [0.2, 0.25) is 0 Å². The third-order valence-electron chi connectivity index (χ3n) is 3.75. The van der Waals surface area contributed by atoms with Gasteiger partial charge in [-0.3, -0.25) is 14.1 Å². The van der Waals surface area contributed by atoms with Crippen LogP contribution < -0.4 is 0 Å². The molecule has 10 heteroatoms. The third kappa shape index (κ3) is 19.4. The molecule has 1 unspecified atom stereocenters. The Bertz CT molecular complexity index is 469. The van der Waals surface area contributed by atoms with Crippen LogP contribution in [0.4, 0.5) is 0 Å². The second-order valence-corrected chi connectivity index (χ2v) is 7.55. The van der Waals surface area contributed by atoms with E-state index in [9.17, 15) is 18.0 Å². The van der Waals surface area contributed by atoms with Gasteiger partial charge in [0.1, 0.15) is 0 Å². The number of ether oxygens (including phenoxy) is 1. The monoisotopic (exact) mass is 446 g/mol. The van der Waals surface area contributed by atoms with E-state index in [1.807, 2.05) is 0 Å². The van der Waals surface area contributed by atoms with E-state index in [0.717, 1.165) is 19.3 Å². The molecule has 0 aliphatic heterocycles. The van der Waals surface area contributed by atoms with Gasteiger partial charge in [-0.2, -0.15) is 8.42 Å². The van der Waals surface area contributed by atoms with Crippen LogP contribution in [0.15, 0.2) is 0 Å².